The molecular formula is C21H21N3O4S. The summed E-state index contributed by atoms with van der Waals surface area (Å²) < 4.78 is 34.0. The molecule has 0 saturated heterocycles. The Hall–Kier alpha value is -3.23. The fourth-order valence-electron chi connectivity index (χ4n) is 2.49. The van der Waals surface area contributed by atoms with Gasteiger partial charge in [-0.3, -0.25) is 14.5 Å². The molecule has 0 atom stereocenters. The van der Waals surface area contributed by atoms with E-state index in [-0.39, 0.29) is 23.8 Å². The van der Waals surface area contributed by atoms with E-state index in [2.05, 4.69) is 9.71 Å². The van der Waals surface area contributed by atoms with E-state index < -0.39 is 10.2 Å². The van der Waals surface area contributed by atoms with Crippen LogP contribution in [-0.2, 0) is 16.8 Å². The first-order valence-corrected chi connectivity index (χ1v) is 10.3. The Kier molecular flexibility index (Phi) is 6.26. The lowest BCUT2D eigenvalue weighted by molar-refractivity contribution is 0.103. The zero-order valence-corrected chi connectivity index (χ0v) is 16.9. The maximum absolute atomic E-state index is 12.7. The number of ether oxygens (including phenoxy) is 1. The molecule has 0 aliphatic rings. The van der Waals surface area contributed by atoms with Crippen LogP contribution >= 0.6 is 0 Å². The van der Waals surface area contributed by atoms with E-state index in [9.17, 15) is 13.2 Å². The molecule has 2 aromatic carbocycles. The van der Waals surface area contributed by atoms with Crippen molar-refractivity contribution in [2.75, 3.05) is 18.8 Å². The molecule has 0 radical (unpaired) electrons. The number of nitrogens with zero attached hydrogens (tertiary/aromatic N) is 2. The van der Waals surface area contributed by atoms with Crippen LogP contribution in [0.2, 0.25) is 0 Å². The van der Waals surface area contributed by atoms with Gasteiger partial charge in [0.1, 0.15) is 18.1 Å². The number of nitrogens with one attached hydrogen (secondary N) is 1. The Morgan fingerprint density at radius 3 is 2.41 bits per heavy atom. The first kappa shape index (κ1) is 20.5. The summed E-state index contributed by atoms with van der Waals surface area (Å²) in [5, 5.41) is 0. The minimum atomic E-state index is -3.79. The fraction of sp³-hybridized carbons (Fsp3) is 0.143. The number of pyridine rings is 1. The predicted molar refractivity (Wildman–Crippen MR) is 111 cm³/mol. The SMILES string of the molecule is CN(C)S(=O)(=O)Nc1cc(C(=O)c2ccccn2)ccc1OCc1ccccc1. The summed E-state index contributed by atoms with van der Waals surface area (Å²) >= 11 is 0. The number of benzene rings is 2. The molecule has 0 amide bonds. The molecule has 8 heteroatoms. The predicted octanol–water partition coefficient (Wildman–Crippen LogP) is 3.11. The highest BCUT2D eigenvalue weighted by Crippen LogP contribution is 2.29. The zero-order chi connectivity index (χ0) is 20.9. The van der Waals surface area contributed by atoms with Gasteiger partial charge in [-0.15, -0.1) is 0 Å². The highest BCUT2D eigenvalue weighted by Gasteiger charge is 2.19. The second-order valence-corrected chi connectivity index (χ2v) is 8.30. The van der Waals surface area contributed by atoms with E-state index in [4.69, 9.17) is 4.74 Å². The summed E-state index contributed by atoms with van der Waals surface area (Å²) in [5.41, 5.74) is 1.68. The van der Waals surface area contributed by atoms with Crippen LogP contribution in [0.1, 0.15) is 21.6 Å². The Labute approximate surface area is 170 Å². The van der Waals surface area contributed by atoms with Gasteiger partial charge in [-0.1, -0.05) is 36.4 Å². The number of anilines is 1. The molecule has 0 fully saturated rings. The molecule has 0 saturated carbocycles. The highest BCUT2D eigenvalue weighted by atomic mass is 32.2. The molecule has 1 heterocycles. The van der Waals surface area contributed by atoms with Gasteiger partial charge in [-0.25, -0.2) is 0 Å². The largest absolute Gasteiger partial charge is 0.487 e. The summed E-state index contributed by atoms with van der Waals surface area (Å²) in [7, 11) is -0.963. The third-order valence-corrected chi connectivity index (χ3v) is 5.54. The van der Waals surface area contributed by atoms with Gasteiger partial charge < -0.3 is 4.74 Å². The average molecular weight is 411 g/mol. The van der Waals surface area contributed by atoms with E-state index in [1.807, 2.05) is 30.3 Å². The molecule has 0 bridgehead atoms. The number of aromatic nitrogens is 1. The average Bonchev–Trinajstić information content (AvgIpc) is 2.73. The fourth-order valence-corrected chi connectivity index (χ4v) is 3.11. The van der Waals surface area contributed by atoms with Crippen LogP contribution in [0.5, 0.6) is 5.75 Å². The Morgan fingerprint density at radius 2 is 1.76 bits per heavy atom. The molecule has 0 spiro atoms. The van der Waals surface area contributed by atoms with Gasteiger partial charge >= 0.3 is 10.2 Å². The van der Waals surface area contributed by atoms with Crippen molar-refractivity contribution in [1.29, 1.82) is 0 Å². The number of hydrogen-bond acceptors (Lipinski definition) is 5. The second-order valence-electron chi connectivity index (χ2n) is 6.42. The molecule has 0 aliphatic carbocycles. The van der Waals surface area contributed by atoms with E-state index >= 15 is 0 Å². The lowest BCUT2D eigenvalue weighted by atomic mass is 10.1. The Balaban J connectivity index is 1.93. The molecule has 0 aliphatic heterocycles. The maximum Gasteiger partial charge on any atom is 0.301 e. The van der Waals surface area contributed by atoms with Gasteiger partial charge in [0, 0.05) is 25.9 Å². The van der Waals surface area contributed by atoms with Crippen LogP contribution in [-0.4, -0.2) is 37.6 Å². The minimum Gasteiger partial charge on any atom is -0.487 e. The molecule has 0 unspecified atom stereocenters. The van der Waals surface area contributed by atoms with Crippen LogP contribution in [0.3, 0.4) is 0 Å². The highest BCUT2D eigenvalue weighted by molar-refractivity contribution is 7.90. The topological polar surface area (TPSA) is 88.6 Å². The Bertz CT molecular complexity index is 1090. The summed E-state index contributed by atoms with van der Waals surface area (Å²) in [5.74, 6) is 0.00218. The standard InChI is InChI=1S/C21H21N3O4S/c1-24(2)29(26,27)23-19-14-17(21(25)18-10-6-7-13-22-18)11-12-20(19)28-15-16-8-4-3-5-9-16/h3-14,23H,15H2,1-2H3. The van der Waals surface area contributed by atoms with E-state index in [0.29, 0.717) is 11.3 Å². The molecule has 1 N–H and O–H groups in total. The van der Waals surface area contributed by atoms with E-state index in [1.54, 1.807) is 30.3 Å². The number of hydrogen-bond donors (Lipinski definition) is 1. The molecule has 150 valence electrons. The quantitative estimate of drug-likeness (QED) is 0.576. The molecule has 29 heavy (non-hydrogen) atoms. The van der Waals surface area contributed by atoms with Crippen LogP contribution in [0.4, 0.5) is 5.69 Å². The maximum atomic E-state index is 12.7. The summed E-state index contributed by atoms with van der Waals surface area (Å²) in [6.45, 7) is 0.255. The van der Waals surface area contributed by atoms with Crippen LogP contribution in [0, 0.1) is 0 Å². The van der Waals surface area contributed by atoms with Gasteiger partial charge in [0.15, 0.2) is 0 Å². The van der Waals surface area contributed by atoms with Gasteiger partial charge in [0.05, 0.1) is 5.69 Å². The first-order valence-electron chi connectivity index (χ1n) is 8.83. The van der Waals surface area contributed by atoms with Crippen LogP contribution in [0.25, 0.3) is 0 Å². The lowest BCUT2D eigenvalue weighted by Gasteiger charge is -2.17. The van der Waals surface area contributed by atoms with Crippen molar-refractivity contribution in [3.05, 3.63) is 89.7 Å². The van der Waals surface area contributed by atoms with Crippen LogP contribution in [0.15, 0.2) is 72.9 Å². The lowest BCUT2D eigenvalue weighted by Crippen LogP contribution is -2.29. The number of carbonyl (C=O) groups excluding carboxylic acids is 1. The van der Waals surface area contributed by atoms with Crippen molar-refractivity contribution in [2.45, 2.75) is 6.61 Å². The third kappa shape index (κ3) is 5.18. The number of ketones is 1. The minimum absolute atomic E-state index is 0.177. The van der Waals surface area contributed by atoms with Gasteiger partial charge in [0.2, 0.25) is 5.78 Å². The normalized spacial score (nSPS) is 11.3. The van der Waals surface area contributed by atoms with Crippen molar-refractivity contribution < 1.29 is 17.9 Å². The monoisotopic (exact) mass is 411 g/mol. The summed E-state index contributed by atoms with van der Waals surface area (Å²) in [6.07, 6.45) is 1.53. The smallest absolute Gasteiger partial charge is 0.301 e. The second kappa shape index (κ2) is 8.85. The molecule has 3 aromatic rings. The number of carbonyl (C=O) groups is 1. The van der Waals surface area contributed by atoms with Crippen LogP contribution < -0.4 is 9.46 Å². The van der Waals surface area contributed by atoms with Crippen molar-refractivity contribution in [3.63, 3.8) is 0 Å². The van der Waals surface area contributed by atoms with Crippen molar-refractivity contribution in [2.24, 2.45) is 0 Å². The van der Waals surface area contributed by atoms with Crippen molar-refractivity contribution >= 4 is 21.7 Å². The summed E-state index contributed by atoms with van der Waals surface area (Å²) in [4.78, 5) is 16.8. The van der Waals surface area contributed by atoms with E-state index in [1.165, 1.54) is 26.4 Å². The first-order chi connectivity index (χ1) is 13.9. The molecule has 3 rings (SSSR count). The van der Waals surface area contributed by atoms with Crippen molar-refractivity contribution in [3.8, 4) is 5.75 Å². The van der Waals surface area contributed by atoms with Crippen molar-refractivity contribution in [1.82, 2.24) is 9.29 Å². The summed E-state index contributed by atoms with van der Waals surface area (Å²) in [6, 6.07) is 19.2. The van der Waals surface area contributed by atoms with Gasteiger partial charge in [-0.05, 0) is 35.9 Å². The third-order valence-electron chi connectivity index (χ3n) is 4.10. The number of rotatable bonds is 8. The van der Waals surface area contributed by atoms with E-state index in [0.717, 1.165) is 9.87 Å². The Morgan fingerprint density at radius 1 is 1.03 bits per heavy atom. The molecule has 7 nitrogen and oxygen atoms in total. The zero-order valence-electron chi connectivity index (χ0n) is 16.1. The van der Waals surface area contributed by atoms with Gasteiger partial charge in [-0.2, -0.15) is 12.7 Å². The molecular weight excluding hydrogens is 390 g/mol. The molecule has 1 aromatic heterocycles. The van der Waals surface area contributed by atoms with Gasteiger partial charge in [0.25, 0.3) is 0 Å².